The highest BCUT2D eigenvalue weighted by Crippen LogP contribution is 2.46. The van der Waals surface area contributed by atoms with Crippen LogP contribution in [0.3, 0.4) is 0 Å². The Labute approximate surface area is 333 Å². The number of fused-ring (bicyclic) bond motifs is 9. The third kappa shape index (κ3) is 5.12. The highest BCUT2D eigenvalue weighted by Gasteiger charge is 2.24. The summed E-state index contributed by atoms with van der Waals surface area (Å²) in [6, 6.07) is 56.0. The van der Waals surface area contributed by atoms with Crippen LogP contribution in [0.5, 0.6) is 0 Å². The number of nitrogens with zero attached hydrogens (tertiary/aromatic N) is 5. The van der Waals surface area contributed by atoms with Crippen molar-refractivity contribution in [3.63, 3.8) is 0 Å². The van der Waals surface area contributed by atoms with Crippen molar-refractivity contribution >= 4 is 85.1 Å². The first-order valence-corrected chi connectivity index (χ1v) is 20.3. The number of rotatable bonds is 5. The van der Waals surface area contributed by atoms with Gasteiger partial charge in [-0.05, 0) is 30.3 Å². The molecule has 0 aliphatic heterocycles. The Morgan fingerprint density at radius 2 is 0.860 bits per heavy atom. The SMILES string of the molecule is c1ccc(-c2nc(-c3cccc4sc5ccccc5c34)nc(-c3cccc4oc5cccc(-c6nc(-c7ccccc7)nc7c6sc6ccccc67)c5c34)n2)cc1. The standard InChI is InChI=1S/C49H27N5OS2/c1-3-14-28(15-4-1)46-50-43-31-19-8-10-26-38(31)57-45(43)44(51-46)32-20-11-23-35-41(32)42-34(21-12-24-36(42)55-35)49-53-47(29-16-5-2-6-17-29)52-48(54-49)33-22-13-27-39-40(33)30-18-7-9-25-37(30)56-39/h1-27H. The second kappa shape index (κ2) is 12.7. The molecule has 6 nitrogen and oxygen atoms in total. The van der Waals surface area contributed by atoms with Gasteiger partial charge >= 0.3 is 0 Å². The van der Waals surface area contributed by atoms with Crippen molar-refractivity contribution in [1.29, 1.82) is 0 Å². The fourth-order valence-corrected chi connectivity index (χ4v) is 10.3. The van der Waals surface area contributed by atoms with Gasteiger partial charge in [-0.25, -0.2) is 24.9 Å². The van der Waals surface area contributed by atoms with E-state index in [4.69, 9.17) is 29.3 Å². The maximum atomic E-state index is 6.68. The Balaban J connectivity index is 1.15. The van der Waals surface area contributed by atoms with E-state index in [1.54, 1.807) is 22.7 Å². The molecule has 0 aliphatic carbocycles. The molecule has 7 aromatic carbocycles. The molecule has 266 valence electrons. The average Bonchev–Trinajstić information content (AvgIpc) is 3.98. The third-order valence-corrected chi connectivity index (χ3v) is 12.9. The minimum absolute atomic E-state index is 0.568. The summed E-state index contributed by atoms with van der Waals surface area (Å²) in [5.41, 5.74) is 7.96. The Hall–Kier alpha value is -7.13. The van der Waals surface area contributed by atoms with Crippen molar-refractivity contribution in [2.45, 2.75) is 0 Å². The first kappa shape index (κ1) is 32.1. The van der Waals surface area contributed by atoms with Gasteiger partial charge in [-0.15, -0.1) is 22.7 Å². The number of furan rings is 1. The van der Waals surface area contributed by atoms with Gasteiger partial charge in [-0.1, -0.05) is 133 Å². The van der Waals surface area contributed by atoms with E-state index in [1.807, 2.05) is 72.8 Å². The summed E-state index contributed by atoms with van der Waals surface area (Å²) in [6.45, 7) is 0. The van der Waals surface area contributed by atoms with Gasteiger partial charge in [0.15, 0.2) is 23.3 Å². The summed E-state index contributed by atoms with van der Waals surface area (Å²) in [5, 5.41) is 5.33. The third-order valence-electron chi connectivity index (χ3n) is 10.6. The molecule has 8 heteroatoms. The van der Waals surface area contributed by atoms with Gasteiger partial charge in [0.05, 0.1) is 15.9 Å². The highest BCUT2D eigenvalue weighted by atomic mass is 32.1. The van der Waals surface area contributed by atoms with E-state index in [0.717, 1.165) is 81.1 Å². The normalized spacial score (nSPS) is 11.9. The van der Waals surface area contributed by atoms with E-state index in [-0.39, 0.29) is 0 Å². The Bertz CT molecular complexity index is 3540. The van der Waals surface area contributed by atoms with Gasteiger partial charge in [-0.2, -0.15) is 0 Å². The van der Waals surface area contributed by atoms with Crippen LogP contribution in [0.25, 0.3) is 119 Å². The van der Waals surface area contributed by atoms with Crippen LogP contribution in [0.1, 0.15) is 0 Å². The molecule has 0 amide bonds. The lowest BCUT2D eigenvalue weighted by atomic mass is 9.99. The van der Waals surface area contributed by atoms with Crippen molar-refractivity contribution < 1.29 is 4.42 Å². The number of hydrogen-bond donors (Lipinski definition) is 0. The molecule has 5 heterocycles. The largest absolute Gasteiger partial charge is 0.456 e. The van der Waals surface area contributed by atoms with Crippen molar-refractivity contribution in [2.24, 2.45) is 0 Å². The molecule has 0 saturated carbocycles. The maximum Gasteiger partial charge on any atom is 0.164 e. The minimum Gasteiger partial charge on any atom is -0.456 e. The molecule has 0 spiro atoms. The smallest absolute Gasteiger partial charge is 0.164 e. The van der Waals surface area contributed by atoms with Crippen LogP contribution >= 0.6 is 22.7 Å². The number of hydrogen-bond acceptors (Lipinski definition) is 8. The molecule has 57 heavy (non-hydrogen) atoms. The fraction of sp³-hybridized carbons (Fsp3) is 0. The summed E-state index contributed by atoms with van der Waals surface area (Å²) in [7, 11) is 0. The van der Waals surface area contributed by atoms with Crippen LogP contribution in [-0.4, -0.2) is 24.9 Å². The average molecular weight is 766 g/mol. The molecule has 0 aliphatic rings. The first-order valence-electron chi connectivity index (χ1n) is 18.7. The van der Waals surface area contributed by atoms with E-state index in [1.165, 1.54) is 14.8 Å². The van der Waals surface area contributed by atoms with Crippen LogP contribution in [-0.2, 0) is 0 Å². The predicted molar refractivity (Wildman–Crippen MR) is 236 cm³/mol. The number of benzene rings is 7. The molecule has 0 bridgehead atoms. The molecule has 5 aromatic heterocycles. The number of aromatic nitrogens is 5. The van der Waals surface area contributed by atoms with Crippen LogP contribution in [0.4, 0.5) is 0 Å². The highest BCUT2D eigenvalue weighted by molar-refractivity contribution is 7.26. The lowest BCUT2D eigenvalue weighted by Gasteiger charge is -2.11. The molecular weight excluding hydrogens is 739 g/mol. The number of thiophene rings is 2. The molecule has 0 radical (unpaired) electrons. The topological polar surface area (TPSA) is 77.6 Å². The minimum atomic E-state index is 0.568. The molecular formula is C49H27N5OS2. The molecule has 12 aromatic rings. The zero-order valence-corrected chi connectivity index (χ0v) is 31.7. The van der Waals surface area contributed by atoms with Crippen LogP contribution in [0.2, 0.25) is 0 Å². The van der Waals surface area contributed by atoms with Crippen LogP contribution in [0.15, 0.2) is 168 Å². The van der Waals surface area contributed by atoms with Gasteiger partial charge in [-0.3, -0.25) is 0 Å². The van der Waals surface area contributed by atoms with Crippen LogP contribution < -0.4 is 0 Å². The van der Waals surface area contributed by atoms with Crippen molar-refractivity contribution in [2.75, 3.05) is 0 Å². The van der Waals surface area contributed by atoms with Gasteiger partial charge in [0.1, 0.15) is 11.2 Å². The van der Waals surface area contributed by atoms with Gasteiger partial charge in [0, 0.05) is 68.8 Å². The lowest BCUT2D eigenvalue weighted by Crippen LogP contribution is -2.00. The quantitative estimate of drug-likeness (QED) is 0.174. The Kier molecular flexibility index (Phi) is 7.17. The van der Waals surface area contributed by atoms with Gasteiger partial charge in [0.2, 0.25) is 0 Å². The Morgan fingerprint density at radius 1 is 0.351 bits per heavy atom. The van der Waals surface area contributed by atoms with Crippen molar-refractivity contribution in [1.82, 2.24) is 24.9 Å². The maximum absolute atomic E-state index is 6.68. The molecule has 0 fully saturated rings. The molecule has 12 rings (SSSR count). The second-order valence-electron chi connectivity index (χ2n) is 13.9. The monoisotopic (exact) mass is 765 g/mol. The zero-order valence-electron chi connectivity index (χ0n) is 30.0. The summed E-state index contributed by atoms with van der Waals surface area (Å²) in [6.07, 6.45) is 0. The van der Waals surface area contributed by atoms with Gasteiger partial charge < -0.3 is 4.42 Å². The van der Waals surface area contributed by atoms with Gasteiger partial charge in [0.25, 0.3) is 0 Å². The van der Waals surface area contributed by atoms with Crippen molar-refractivity contribution in [3.05, 3.63) is 164 Å². The molecule has 0 saturated heterocycles. The summed E-state index contributed by atoms with van der Waals surface area (Å²) >= 11 is 3.50. The lowest BCUT2D eigenvalue weighted by molar-refractivity contribution is 0.669. The zero-order chi connectivity index (χ0) is 37.5. The summed E-state index contributed by atoms with van der Waals surface area (Å²) in [4.78, 5) is 26.2. The summed E-state index contributed by atoms with van der Waals surface area (Å²) in [5.74, 6) is 2.47. The van der Waals surface area contributed by atoms with Crippen molar-refractivity contribution in [3.8, 4) is 56.8 Å². The van der Waals surface area contributed by atoms with Crippen LogP contribution in [0, 0.1) is 0 Å². The first-order chi connectivity index (χ1) is 28.2. The van der Waals surface area contributed by atoms with E-state index in [0.29, 0.717) is 23.3 Å². The Morgan fingerprint density at radius 3 is 1.56 bits per heavy atom. The molecule has 0 N–H and O–H groups in total. The summed E-state index contributed by atoms with van der Waals surface area (Å²) < 4.78 is 11.3. The van der Waals surface area contributed by atoms with E-state index in [9.17, 15) is 0 Å². The van der Waals surface area contributed by atoms with E-state index < -0.39 is 0 Å². The fourth-order valence-electron chi connectivity index (χ4n) is 8.03. The van der Waals surface area contributed by atoms with E-state index >= 15 is 0 Å². The second-order valence-corrected chi connectivity index (χ2v) is 16.1. The predicted octanol–water partition coefficient (Wildman–Crippen LogP) is 13.6. The van der Waals surface area contributed by atoms with E-state index in [2.05, 4.69) is 91.0 Å². The molecule has 0 unspecified atom stereocenters. The molecule has 0 atom stereocenters.